The minimum Gasteiger partial charge on any atom is -0.360 e. The molecule has 1 fully saturated rings. The van der Waals surface area contributed by atoms with E-state index < -0.39 is 0 Å². The maximum absolute atomic E-state index is 11.8. The van der Waals surface area contributed by atoms with Gasteiger partial charge in [-0.25, -0.2) is 4.68 Å². The molecule has 3 rings (SSSR count). The van der Waals surface area contributed by atoms with Crippen molar-refractivity contribution >= 4 is 0 Å². The molecule has 1 aliphatic rings. The minimum atomic E-state index is -0.0325. The fourth-order valence-electron chi connectivity index (χ4n) is 2.83. The van der Waals surface area contributed by atoms with Gasteiger partial charge >= 0.3 is 0 Å². The smallest absolute Gasteiger partial charge is 0.266 e. The molecular weight excluding hydrogens is 294 g/mol. The van der Waals surface area contributed by atoms with Crippen LogP contribution >= 0.6 is 0 Å². The first-order valence-electron chi connectivity index (χ1n) is 8.02. The highest BCUT2D eigenvalue weighted by Gasteiger charge is 2.18. The van der Waals surface area contributed by atoms with Crippen LogP contribution in [0.15, 0.2) is 27.5 Å². The second-order valence-electron chi connectivity index (χ2n) is 6.09. The van der Waals surface area contributed by atoms with Gasteiger partial charge in [-0.2, -0.15) is 5.10 Å². The third kappa shape index (κ3) is 4.27. The lowest BCUT2D eigenvalue weighted by Crippen LogP contribution is -2.47. The van der Waals surface area contributed by atoms with Crippen molar-refractivity contribution in [3.63, 3.8) is 0 Å². The van der Waals surface area contributed by atoms with E-state index in [-0.39, 0.29) is 5.56 Å². The van der Waals surface area contributed by atoms with E-state index in [4.69, 9.17) is 4.52 Å². The number of aromatic nitrogens is 3. The lowest BCUT2D eigenvalue weighted by Gasteiger charge is -2.34. The summed E-state index contributed by atoms with van der Waals surface area (Å²) in [5.74, 6) is 0.923. The SMILES string of the molecule is Cc1cc(CN2CCN(CCn3nc(C)ccc3=O)CC2)on1. The average Bonchev–Trinajstić information content (AvgIpc) is 2.95. The molecule has 0 amide bonds. The Labute approximate surface area is 135 Å². The molecule has 23 heavy (non-hydrogen) atoms. The summed E-state index contributed by atoms with van der Waals surface area (Å²) in [4.78, 5) is 16.5. The summed E-state index contributed by atoms with van der Waals surface area (Å²) in [6.45, 7) is 10.1. The van der Waals surface area contributed by atoms with Crippen LogP contribution in [0.25, 0.3) is 0 Å². The lowest BCUT2D eigenvalue weighted by molar-refractivity contribution is 0.114. The molecule has 0 aliphatic carbocycles. The highest BCUT2D eigenvalue weighted by Crippen LogP contribution is 2.09. The van der Waals surface area contributed by atoms with Crippen LogP contribution in [-0.2, 0) is 13.1 Å². The Morgan fingerprint density at radius 3 is 2.48 bits per heavy atom. The predicted molar refractivity (Wildman–Crippen MR) is 86.2 cm³/mol. The molecule has 0 atom stereocenters. The van der Waals surface area contributed by atoms with E-state index in [1.54, 1.807) is 16.8 Å². The van der Waals surface area contributed by atoms with Crippen LogP contribution in [0.5, 0.6) is 0 Å². The molecule has 7 nitrogen and oxygen atoms in total. The molecular formula is C16H23N5O2. The van der Waals surface area contributed by atoms with Gasteiger partial charge in [0.15, 0.2) is 5.76 Å². The Bertz CT molecular complexity index is 700. The summed E-state index contributed by atoms with van der Waals surface area (Å²) in [6.07, 6.45) is 0. The molecule has 0 unspecified atom stereocenters. The summed E-state index contributed by atoms with van der Waals surface area (Å²) in [7, 11) is 0. The number of nitrogens with zero attached hydrogens (tertiary/aromatic N) is 5. The molecule has 0 N–H and O–H groups in total. The number of hydrogen-bond acceptors (Lipinski definition) is 6. The van der Waals surface area contributed by atoms with Crippen LogP contribution in [0.1, 0.15) is 17.1 Å². The second kappa shape index (κ2) is 7.06. The van der Waals surface area contributed by atoms with E-state index in [1.807, 2.05) is 19.9 Å². The van der Waals surface area contributed by atoms with Crippen molar-refractivity contribution in [3.05, 3.63) is 45.7 Å². The monoisotopic (exact) mass is 317 g/mol. The van der Waals surface area contributed by atoms with Crippen LogP contribution in [0.2, 0.25) is 0 Å². The van der Waals surface area contributed by atoms with Gasteiger partial charge in [0.2, 0.25) is 0 Å². The highest BCUT2D eigenvalue weighted by molar-refractivity contribution is 5.03. The number of rotatable bonds is 5. The fraction of sp³-hybridized carbons (Fsp3) is 0.562. The van der Waals surface area contributed by atoms with Crippen molar-refractivity contribution in [3.8, 4) is 0 Å². The molecule has 2 aromatic heterocycles. The minimum absolute atomic E-state index is 0.0325. The van der Waals surface area contributed by atoms with E-state index in [2.05, 4.69) is 20.1 Å². The summed E-state index contributed by atoms with van der Waals surface area (Å²) in [6, 6.07) is 5.32. The summed E-state index contributed by atoms with van der Waals surface area (Å²) >= 11 is 0. The zero-order chi connectivity index (χ0) is 16.2. The van der Waals surface area contributed by atoms with Crippen LogP contribution in [0.4, 0.5) is 0 Å². The zero-order valence-corrected chi connectivity index (χ0v) is 13.7. The Morgan fingerprint density at radius 2 is 1.78 bits per heavy atom. The highest BCUT2D eigenvalue weighted by atomic mass is 16.5. The van der Waals surface area contributed by atoms with E-state index >= 15 is 0 Å². The van der Waals surface area contributed by atoms with Crippen LogP contribution < -0.4 is 5.56 Å². The number of hydrogen-bond donors (Lipinski definition) is 0. The maximum atomic E-state index is 11.8. The normalized spacial score (nSPS) is 16.8. The first-order valence-corrected chi connectivity index (χ1v) is 8.02. The van der Waals surface area contributed by atoms with E-state index in [1.165, 1.54) is 0 Å². The van der Waals surface area contributed by atoms with Crippen molar-refractivity contribution in [1.29, 1.82) is 0 Å². The molecule has 1 saturated heterocycles. The first-order chi connectivity index (χ1) is 11.1. The first kappa shape index (κ1) is 15.9. The Morgan fingerprint density at radius 1 is 1.04 bits per heavy atom. The predicted octanol–water partition coefficient (Wildman–Crippen LogP) is 0.666. The Balaban J connectivity index is 1.46. The van der Waals surface area contributed by atoms with Gasteiger partial charge < -0.3 is 4.52 Å². The molecule has 0 saturated carbocycles. The van der Waals surface area contributed by atoms with Crippen LogP contribution in [-0.4, -0.2) is 57.5 Å². The Kier molecular flexibility index (Phi) is 4.88. The molecule has 3 heterocycles. The third-order valence-electron chi connectivity index (χ3n) is 4.15. The number of aryl methyl sites for hydroxylation is 2. The molecule has 0 spiro atoms. The van der Waals surface area contributed by atoms with Gasteiger partial charge in [0.25, 0.3) is 5.56 Å². The van der Waals surface area contributed by atoms with E-state index in [0.717, 1.165) is 56.4 Å². The molecule has 1 aliphatic heterocycles. The standard InChI is InChI=1S/C16H23N5O2/c1-13-3-4-16(22)21(17-13)10-9-19-5-7-20(8-6-19)12-15-11-14(2)18-23-15/h3-4,11H,5-10,12H2,1-2H3. The fourth-order valence-corrected chi connectivity index (χ4v) is 2.83. The molecule has 2 aromatic rings. The molecule has 124 valence electrons. The largest absolute Gasteiger partial charge is 0.360 e. The van der Waals surface area contributed by atoms with Crippen molar-refractivity contribution in [1.82, 2.24) is 24.7 Å². The Hall–Kier alpha value is -1.99. The van der Waals surface area contributed by atoms with Gasteiger partial charge in [0, 0.05) is 44.9 Å². The van der Waals surface area contributed by atoms with Crippen LogP contribution in [0, 0.1) is 13.8 Å². The van der Waals surface area contributed by atoms with Gasteiger partial charge in [0.05, 0.1) is 24.5 Å². The number of piperazine rings is 1. The average molecular weight is 317 g/mol. The summed E-state index contributed by atoms with van der Waals surface area (Å²) in [5, 5.41) is 8.20. The summed E-state index contributed by atoms with van der Waals surface area (Å²) < 4.78 is 6.83. The van der Waals surface area contributed by atoms with Gasteiger partial charge in [-0.3, -0.25) is 14.6 Å². The lowest BCUT2D eigenvalue weighted by atomic mass is 10.3. The quantitative estimate of drug-likeness (QED) is 0.807. The second-order valence-corrected chi connectivity index (χ2v) is 6.09. The van der Waals surface area contributed by atoms with E-state index in [9.17, 15) is 4.79 Å². The van der Waals surface area contributed by atoms with Crippen molar-refractivity contribution < 1.29 is 4.52 Å². The van der Waals surface area contributed by atoms with Gasteiger partial charge in [-0.1, -0.05) is 5.16 Å². The topological polar surface area (TPSA) is 67.4 Å². The molecule has 0 radical (unpaired) electrons. The molecule has 0 aromatic carbocycles. The maximum Gasteiger partial charge on any atom is 0.266 e. The van der Waals surface area contributed by atoms with Gasteiger partial charge in [-0.05, 0) is 19.9 Å². The van der Waals surface area contributed by atoms with Crippen molar-refractivity contribution in [2.75, 3.05) is 32.7 Å². The zero-order valence-electron chi connectivity index (χ0n) is 13.7. The molecule has 0 bridgehead atoms. The molecule has 7 heteroatoms. The van der Waals surface area contributed by atoms with Gasteiger partial charge in [0.1, 0.15) is 0 Å². The van der Waals surface area contributed by atoms with E-state index in [0.29, 0.717) is 6.54 Å². The summed E-state index contributed by atoms with van der Waals surface area (Å²) in [5.41, 5.74) is 1.77. The van der Waals surface area contributed by atoms with Crippen LogP contribution in [0.3, 0.4) is 0 Å². The van der Waals surface area contributed by atoms with Crippen molar-refractivity contribution in [2.45, 2.75) is 26.9 Å². The van der Waals surface area contributed by atoms with Gasteiger partial charge in [-0.15, -0.1) is 0 Å². The van der Waals surface area contributed by atoms with Crippen molar-refractivity contribution in [2.24, 2.45) is 0 Å². The third-order valence-corrected chi connectivity index (χ3v) is 4.15.